The van der Waals surface area contributed by atoms with E-state index in [4.69, 9.17) is 5.11 Å². The van der Waals surface area contributed by atoms with Gasteiger partial charge in [0.05, 0.1) is 11.6 Å². The second kappa shape index (κ2) is 6.63. The number of carbonyl (C=O) groups excluding carboxylic acids is 1. The van der Waals surface area contributed by atoms with Crippen LogP contribution in [0, 0.1) is 17.7 Å². The van der Waals surface area contributed by atoms with Gasteiger partial charge in [-0.3, -0.25) is 9.89 Å². The van der Waals surface area contributed by atoms with Gasteiger partial charge in [0.1, 0.15) is 24.6 Å². The van der Waals surface area contributed by atoms with Crippen molar-refractivity contribution in [2.24, 2.45) is 0 Å². The van der Waals surface area contributed by atoms with Crippen LogP contribution in [0.5, 0.6) is 0 Å². The van der Waals surface area contributed by atoms with Gasteiger partial charge in [0.25, 0.3) is 5.91 Å². The van der Waals surface area contributed by atoms with Gasteiger partial charge in [0, 0.05) is 5.56 Å². The summed E-state index contributed by atoms with van der Waals surface area (Å²) in [5, 5.41) is 17.6. The van der Waals surface area contributed by atoms with Crippen molar-refractivity contribution in [3.63, 3.8) is 0 Å². The Morgan fingerprint density at radius 3 is 3.00 bits per heavy atom. The molecule has 2 aromatic rings. The van der Waals surface area contributed by atoms with Crippen LogP contribution in [0.25, 0.3) is 0 Å². The van der Waals surface area contributed by atoms with Gasteiger partial charge in [0.15, 0.2) is 0 Å². The zero-order chi connectivity index (χ0) is 15.2. The number of halogens is 1. The van der Waals surface area contributed by atoms with Crippen molar-refractivity contribution in [1.29, 1.82) is 0 Å². The molecule has 0 aliphatic carbocycles. The van der Waals surface area contributed by atoms with Crippen LogP contribution in [0.3, 0.4) is 0 Å². The number of hydrogen-bond acceptors (Lipinski definition) is 4. The molecule has 108 valence electrons. The second-order valence-corrected chi connectivity index (χ2v) is 4.22. The molecule has 1 heterocycles. The summed E-state index contributed by atoms with van der Waals surface area (Å²) in [4.78, 5) is 15.9. The maximum Gasteiger partial charge on any atom is 0.251 e. The Hall–Kier alpha value is -2.72. The van der Waals surface area contributed by atoms with Crippen molar-refractivity contribution in [2.45, 2.75) is 13.0 Å². The third-order valence-corrected chi connectivity index (χ3v) is 2.72. The van der Waals surface area contributed by atoms with Crippen LogP contribution >= 0.6 is 0 Å². The average Bonchev–Trinajstić information content (AvgIpc) is 3.00. The first kappa shape index (κ1) is 14.7. The summed E-state index contributed by atoms with van der Waals surface area (Å²) < 4.78 is 13.8. The Morgan fingerprint density at radius 2 is 2.38 bits per heavy atom. The first-order valence-electron chi connectivity index (χ1n) is 6.17. The molecule has 7 heteroatoms. The minimum atomic E-state index is -0.615. The van der Waals surface area contributed by atoms with E-state index in [9.17, 15) is 9.18 Å². The van der Waals surface area contributed by atoms with E-state index in [1.165, 1.54) is 18.5 Å². The largest absolute Gasteiger partial charge is 0.384 e. The van der Waals surface area contributed by atoms with Crippen molar-refractivity contribution < 1.29 is 14.3 Å². The molecule has 1 atom stereocenters. The molecule has 0 radical (unpaired) electrons. The lowest BCUT2D eigenvalue weighted by Gasteiger charge is -2.11. The molecule has 0 saturated carbocycles. The molecule has 1 aromatic carbocycles. The maximum atomic E-state index is 13.8. The number of H-pyrrole nitrogens is 1. The minimum Gasteiger partial charge on any atom is -0.384 e. The molecular formula is C14H13FN4O2. The van der Waals surface area contributed by atoms with Crippen molar-refractivity contribution in [3.05, 3.63) is 47.3 Å². The number of aliphatic hydroxyl groups is 1. The SMILES string of the molecule is CC(NC(=O)c1ccc(C#CCO)c(F)c1)c1ncn[nH]1. The molecule has 2 rings (SSSR count). The van der Waals surface area contributed by atoms with Crippen LogP contribution < -0.4 is 5.32 Å². The van der Waals surface area contributed by atoms with Crippen molar-refractivity contribution in [2.75, 3.05) is 6.61 Å². The van der Waals surface area contributed by atoms with Crippen molar-refractivity contribution in [1.82, 2.24) is 20.5 Å². The molecule has 1 aromatic heterocycles. The Bertz CT molecular complexity index is 689. The zero-order valence-corrected chi connectivity index (χ0v) is 11.2. The molecule has 0 spiro atoms. The highest BCUT2D eigenvalue weighted by Crippen LogP contribution is 2.11. The topological polar surface area (TPSA) is 90.9 Å². The highest BCUT2D eigenvalue weighted by Gasteiger charge is 2.14. The third kappa shape index (κ3) is 3.64. The third-order valence-electron chi connectivity index (χ3n) is 2.72. The number of aliphatic hydroxyl groups excluding tert-OH is 1. The van der Waals surface area contributed by atoms with Crippen LogP contribution in [0.1, 0.15) is 34.7 Å². The Balaban J connectivity index is 2.11. The predicted octanol–water partition coefficient (Wildman–Crippen LogP) is 0.779. The zero-order valence-electron chi connectivity index (χ0n) is 11.2. The standard InChI is InChI=1S/C14H13FN4O2/c1-9(13-16-8-17-19-13)18-14(21)11-5-4-10(3-2-6-20)12(15)7-11/h4-5,7-9,20H,6H2,1H3,(H,18,21)(H,16,17,19). The highest BCUT2D eigenvalue weighted by molar-refractivity contribution is 5.94. The van der Waals surface area contributed by atoms with Crippen LogP contribution in [0.15, 0.2) is 24.5 Å². The first-order valence-corrected chi connectivity index (χ1v) is 6.17. The van der Waals surface area contributed by atoms with Crippen LogP contribution in [0.2, 0.25) is 0 Å². The summed E-state index contributed by atoms with van der Waals surface area (Å²) in [6, 6.07) is 3.58. The number of nitrogens with zero attached hydrogens (tertiary/aromatic N) is 2. The fourth-order valence-corrected chi connectivity index (χ4v) is 1.66. The Kier molecular flexibility index (Phi) is 4.64. The van der Waals surface area contributed by atoms with Gasteiger partial charge in [-0.2, -0.15) is 5.10 Å². The van der Waals surface area contributed by atoms with E-state index in [1.54, 1.807) is 6.92 Å². The lowest BCUT2D eigenvalue weighted by molar-refractivity contribution is 0.0938. The Morgan fingerprint density at radius 1 is 1.57 bits per heavy atom. The van der Waals surface area contributed by atoms with E-state index < -0.39 is 11.7 Å². The monoisotopic (exact) mass is 288 g/mol. The van der Waals surface area contributed by atoms with E-state index in [1.807, 2.05) is 0 Å². The molecule has 21 heavy (non-hydrogen) atoms. The molecule has 1 amide bonds. The smallest absolute Gasteiger partial charge is 0.251 e. The summed E-state index contributed by atoms with van der Waals surface area (Å²) >= 11 is 0. The van der Waals surface area contributed by atoms with E-state index in [2.05, 4.69) is 32.3 Å². The average molecular weight is 288 g/mol. The Labute approximate surface area is 120 Å². The lowest BCUT2D eigenvalue weighted by Crippen LogP contribution is -2.27. The van der Waals surface area contributed by atoms with Crippen molar-refractivity contribution in [3.8, 4) is 11.8 Å². The molecule has 3 N–H and O–H groups in total. The summed E-state index contributed by atoms with van der Waals surface area (Å²) in [5.41, 5.74) is 0.303. The van der Waals surface area contributed by atoms with Crippen LogP contribution in [-0.4, -0.2) is 32.8 Å². The summed E-state index contributed by atoms with van der Waals surface area (Å²) in [7, 11) is 0. The summed E-state index contributed by atoms with van der Waals surface area (Å²) in [6.07, 6.45) is 1.34. The number of amides is 1. The normalized spacial score (nSPS) is 11.4. The number of hydrogen-bond donors (Lipinski definition) is 3. The van der Waals surface area contributed by atoms with Gasteiger partial charge >= 0.3 is 0 Å². The molecule has 0 bridgehead atoms. The summed E-state index contributed by atoms with van der Waals surface area (Å²) in [6.45, 7) is 1.38. The van der Waals surface area contributed by atoms with E-state index in [0.717, 1.165) is 6.07 Å². The lowest BCUT2D eigenvalue weighted by atomic mass is 10.1. The fraction of sp³-hybridized carbons (Fsp3) is 0.214. The molecule has 0 fully saturated rings. The molecule has 0 saturated heterocycles. The van der Waals surface area contributed by atoms with Crippen LogP contribution in [-0.2, 0) is 0 Å². The minimum absolute atomic E-state index is 0.129. The van der Waals surface area contributed by atoms with Gasteiger partial charge in [0.2, 0.25) is 0 Å². The number of aromatic amines is 1. The molecular weight excluding hydrogens is 275 g/mol. The van der Waals surface area contributed by atoms with Gasteiger partial charge in [-0.15, -0.1) is 0 Å². The second-order valence-electron chi connectivity index (χ2n) is 4.22. The molecule has 0 aliphatic rings. The van der Waals surface area contributed by atoms with E-state index in [0.29, 0.717) is 5.82 Å². The first-order chi connectivity index (χ1) is 10.1. The number of carbonyl (C=O) groups is 1. The molecule has 0 aliphatic heterocycles. The maximum absolute atomic E-state index is 13.8. The quantitative estimate of drug-likeness (QED) is 0.728. The predicted molar refractivity (Wildman–Crippen MR) is 72.6 cm³/mol. The van der Waals surface area contributed by atoms with Gasteiger partial charge in [-0.25, -0.2) is 9.37 Å². The van der Waals surface area contributed by atoms with Gasteiger partial charge < -0.3 is 10.4 Å². The van der Waals surface area contributed by atoms with E-state index in [-0.39, 0.29) is 23.8 Å². The van der Waals surface area contributed by atoms with Gasteiger partial charge in [-0.05, 0) is 25.1 Å². The fourth-order valence-electron chi connectivity index (χ4n) is 1.66. The summed E-state index contributed by atoms with van der Waals surface area (Å²) in [5.74, 6) is 4.28. The van der Waals surface area contributed by atoms with Crippen LogP contribution in [0.4, 0.5) is 4.39 Å². The van der Waals surface area contributed by atoms with Gasteiger partial charge in [-0.1, -0.05) is 11.8 Å². The number of aromatic nitrogens is 3. The van der Waals surface area contributed by atoms with Crippen molar-refractivity contribution >= 4 is 5.91 Å². The number of nitrogens with one attached hydrogen (secondary N) is 2. The highest BCUT2D eigenvalue weighted by atomic mass is 19.1. The molecule has 6 nitrogen and oxygen atoms in total. The molecule has 1 unspecified atom stereocenters. The van der Waals surface area contributed by atoms with E-state index >= 15 is 0 Å². The number of rotatable bonds is 3. The number of benzene rings is 1.